The zero-order valence-electron chi connectivity index (χ0n) is 9.57. The molecule has 0 aliphatic carbocycles. The van der Waals surface area contributed by atoms with Crippen LogP contribution in [0.15, 0.2) is 48.7 Å². The highest BCUT2D eigenvalue weighted by Crippen LogP contribution is 2.31. The van der Waals surface area contributed by atoms with E-state index in [1.165, 1.54) is 10.8 Å². The first-order valence-corrected chi connectivity index (χ1v) is 5.85. The van der Waals surface area contributed by atoms with Crippen LogP contribution in [0.1, 0.15) is 0 Å². The van der Waals surface area contributed by atoms with Crippen LogP contribution in [0.3, 0.4) is 0 Å². The van der Waals surface area contributed by atoms with E-state index in [1.54, 1.807) is 0 Å². The van der Waals surface area contributed by atoms with Crippen molar-refractivity contribution in [3.8, 4) is 11.3 Å². The van der Waals surface area contributed by atoms with Crippen molar-refractivity contribution in [1.29, 1.82) is 0 Å². The van der Waals surface area contributed by atoms with Crippen LogP contribution in [-0.2, 0) is 0 Å². The summed E-state index contributed by atoms with van der Waals surface area (Å²) in [6.07, 6.45) is 5.05. The van der Waals surface area contributed by atoms with Crippen molar-refractivity contribution >= 4 is 21.7 Å². The Morgan fingerprint density at radius 3 is 2.94 bits per heavy atom. The fourth-order valence-corrected chi connectivity index (χ4v) is 2.42. The lowest BCUT2D eigenvalue weighted by atomic mass is 10.0. The Bertz CT molecular complexity index is 839. The Balaban J connectivity index is 2.10. The Morgan fingerprint density at radius 2 is 1.94 bits per heavy atom. The second-order valence-corrected chi connectivity index (χ2v) is 4.31. The molecule has 2 aromatic carbocycles. The highest BCUT2D eigenvalue weighted by Gasteiger charge is 2.09. The van der Waals surface area contributed by atoms with Crippen molar-refractivity contribution in [2.24, 2.45) is 0 Å². The van der Waals surface area contributed by atoms with Gasteiger partial charge in [0.2, 0.25) is 0 Å². The Labute approximate surface area is 103 Å². The molecule has 3 heteroatoms. The Hall–Kier alpha value is -2.55. The minimum absolute atomic E-state index is 1.01. The van der Waals surface area contributed by atoms with Gasteiger partial charge in [-0.2, -0.15) is 5.10 Å². The smallest absolute Gasteiger partial charge is 0.122 e. The van der Waals surface area contributed by atoms with Crippen molar-refractivity contribution in [1.82, 2.24) is 15.2 Å². The summed E-state index contributed by atoms with van der Waals surface area (Å²) in [6.45, 7) is 0. The maximum Gasteiger partial charge on any atom is 0.122 e. The monoisotopic (exact) mass is 232 g/mol. The van der Waals surface area contributed by atoms with Gasteiger partial charge in [-0.25, -0.2) is 0 Å². The number of nitrogens with zero attached hydrogens (tertiary/aromatic N) is 1. The number of rotatable bonds is 1. The lowest BCUT2D eigenvalue weighted by Crippen LogP contribution is -1.79. The van der Waals surface area contributed by atoms with Crippen LogP contribution in [0, 0.1) is 6.20 Å². The molecule has 0 bridgehead atoms. The molecule has 0 saturated heterocycles. The zero-order chi connectivity index (χ0) is 11.9. The number of nitrogens with one attached hydrogen (secondary N) is 2. The average Bonchev–Trinajstić information content (AvgIpc) is 3.05. The maximum atomic E-state index is 3.99. The quantitative estimate of drug-likeness (QED) is 0.518. The standard InChI is InChI=1S/C15H10N3/c1-2-5-11-10(4-1)8-16-15(11)12-6-3-7-14-13(12)9-17-18-14/h1-8,16H,(H,17,18). The van der Waals surface area contributed by atoms with Crippen molar-refractivity contribution in [2.45, 2.75) is 0 Å². The first kappa shape index (κ1) is 9.48. The molecule has 0 aliphatic heterocycles. The lowest BCUT2D eigenvalue weighted by molar-refractivity contribution is 1.11. The predicted octanol–water partition coefficient (Wildman–Crippen LogP) is 3.51. The van der Waals surface area contributed by atoms with Crippen molar-refractivity contribution < 1.29 is 0 Å². The first-order valence-electron chi connectivity index (χ1n) is 5.85. The number of fused-ring (bicyclic) bond motifs is 2. The third-order valence-electron chi connectivity index (χ3n) is 3.28. The van der Waals surface area contributed by atoms with E-state index in [9.17, 15) is 0 Å². The van der Waals surface area contributed by atoms with E-state index < -0.39 is 0 Å². The number of hydrogen-bond donors (Lipinski definition) is 2. The molecule has 2 N–H and O–H groups in total. The van der Waals surface area contributed by atoms with Crippen LogP contribution in [-0.4, -0.2) is 15.2 Å². The van der Waals surface area contributed by atoms with E-state index in [1.807, 2.05) is 24.4 Å². The molecule has 0 amide bonds. The van der Waals surface area contributed by atoms with Gasteiger partial charge < -0.3 is 4.98 Å². The van der Waals surface area contributed by atoms with E-state index in [0.717, 1.165) is 22.2 Å². The third-order valence-corrected chi connectivity index (χ3v) is 3.28. The minimum atomic E-state index is 1.01. The molecule has 0 unspecified atom stereocenters. The van der Waals surface area contributed by atoms with Crippen molar-refractivity contribution in [2.75, 3.05) is 0 Å². The number of aromatic amines is 2. The van der Waals surface area contributed by atoms with Gasteiger partial charge in [-0.15, -0.1) is 0 Å². The van der Waals surface area contributed by atoms with E-state index in [-0.39, 0.29) is 0 Å². The second kappa shape index (κ2) is 3.47. The van der Waals surface area contributed by atoms with Crippen LogP contribution >= 0.6 is 0 Å². The van der Waals surface area contributed by atoms with Gasteiger partial charge in [-0.3, -0.25) is 5.10 Å². The molecule has 2 aromatic heterocycles. The minimum Gasteiger partial charge on any atom is -0.360 e. The molecule has 18 heavy (non-hydrogen) atoms. The molecular formula is C15H10N3. The molecule has 2 heterocycles. The number of hydrogen-bond acceptors (Lipinski definition) is 1. The van der Waals surface area contributed by atoms with E-state index >= 15 is 0 Å². The van der Waals surface area contributed by atoms with Gasteiger partial charge in [0.15, 0.2) is 0 Å². The fourth-order valence-electron chi connectivity index (χ4n) is 2.42. The van der Waals surface area contributed by atoms with Gasteiger partial charge in [0.25, 0.3) is 0 Å². The molecule has 0 saturated carbocycles. The van der Waals surface area contributed by atoms with Crippen LogP contribution in [0.2, 0.25) is 0 Å². The van der Waals surface area contributed by atoms with E-state index in [0.29, 0.717) is 0 Å². The van der Waals surface area contributed by atoms with Gasteiger partial charge in [0.1, 0.15) is 6.20 Å². The van der Waals surface area contributed by atoms with E-state index in [4.69, 9.17) is 0 Å². The van der Waals surface area contributed by atoms with Gasteiger partial charge in [-0.05, 0) is 11.5 Å². The SMILES string of the molecule is [c]1n[nH]c2cccc(-c3[nH]cc4ccccc34)c12. The highest BCUT2D eigenvalue weighted by molar-refractivity contribution is 6.03. The van der Waals surface area contributed by atoms with Gasteiger partial charge >= 0.3 is 0 Å². The summed E-state index contributed by atoms with van der Waals surface area (Å²) in [4.78, 5) is 3.35. The average molecular weight is 232 g/mol. The first-order chi connectivity index (χ1) is 8.93. The van der Waals surface area contributed by atoms with Crippen LogP contribution in [0.4, 0.5) is 0 Å². The van der Waals surface area contributed by atoms with Gasteiger partial charge in [-0.1, -0.05) is 36.4 Å². The summed E-state index contributed by atoms with van der Waals surface area (Å²) >= 11 is 0. The molecule has 0 aliphatic rings. The van der Waals surface area contributed by atoms with Gasteiger partial charge in [0.05, 0.1) is 11.2 Å². The summed E-state index contributed by atoms with van der Waals surface area (Å²) < 4.78 is 0. The molecule has 0 fully saturated rings. The normalized spacial score (nSPS) is 11.3. The number of aromatic nitrogens is 3. The molecule has 4 aromatic rings. The summed E-state index contributed by atoms with van der Waals surface area (Å²) in [6, 6.07) is 14.5. The zero-order valence-corrected chi connectivity index (χ0v) is 9.57. The van der Waals surface area contributed by atoms with Crippen LogP contribution < -0.4 is 0 Å². The summed E-state index contributed by atoms with van der Waals surface area (Å²) in [5.74, 6) is 0. The van der Waals surface area contributed by atoms with Gasteiger partial charge in [0, 0.05) is 22.5 Å². The number of benzene rings is 2. The summed E-state index contributed by atoms with van der Waals surface area (Å²) in [7, 11) is 0. The Kier molecular flexibility index (Phi) is 1.83. The van der Waals surface area contributed by atoms with Crippen molar-refractivity contribution in [3.05, 3.63) is 54.9 Å². The summed E-state index contributed by atoms with van der Waals surface area (Å²) in [5, 5.41) is 10.4. The highest BCUT2D eigenvalue weighted by atomic mass is 15.1. The predicted molar refractivity (Wildman–Crippen MR) is 72.2 cm³/mol. The summed E-state index contributed by atoms with van der Waals surface area (Å²) in [5.41, 5.74) is 3.25. The second-order valence-electron chi connectivity index (χ2n) is 4.31. The van der Waals surface area contributed by atoms with E-state index in [2.05, 4.69) is 45.6 Å². The molecule has 0 atom stereocenters. The molecule has 4 rings (SSSR count). The van der Waals surface area contributed by atoms with Crippen molar-refractivity contribution in [3.63, 3.8) is 0 Å². The Morgan fingerprint density at radius 1 is 1.00 bits per heavy atom. The topological polar surface area (TPSA) is 44.5 Å². The fraction of sp³-hybridized carbons (Fsp3) is 0. The molecule has 0 spiro atoms. The molecule has 85 valence electrons. The van der Waals surface area contributed by atoms with Crippen LogP contribution in [0.25, 0.3) is 32.9 Å². The molecule has 1 radical (unpaired) electrons. The largest absolute Gasteiger partial charge is 0.360 e. The lowest BCUT2D eigenvalue weighted by Gasteiger charge is -2.01. The molecular weight excluding hydrogens is 222 g/mol. The van der Waals surface area contributed by atoms with Crippen LogP contribution in [0.5, 0.6) is 0 Å². The molecule has 3 nitrogen and oxygen atoms in total. The third kappa shape index (κ3) is 1.21. The number of H-pyrrole nitrogens is 2. The maximum absolute atomic E-state index is 3.99.